The van der Waals surface area contributed by atoms with E-state index < -0.39 is 0 Å². The Bertz CT molecular complexity index is 1060. The average Bonchev–Trinajstić information content (AvgIpc) is 2.72. The lowest BCUT2D eigenvalue weighted by Crippen LogP contribution is -2.33. The summed E-state index contributed by atoms with van der Waals surface area (Å²) in [6.45, 7) is 0.638. The van der Waals surface area contributed by atoms with Crippen molar-refractivity contribution in [2.75, 3.05) is 31.4 Å². The van der Waals surface area contributed by atoms with Crippen LogP contribution >= 0.6 is 24.0 Å². The van der Waals surface area contributed by atoms with Crippen molar-refractivity contribution < 1.29 is 9.84 Å². The molecule has 0 fully saturated rings. The van der Waals surface area contributed by atoms with Gasteiger partial charge in [-0.25, -0.2) is 0 Å². The van der Waals surface area contributed by atoms with Crippen molar-refractivity contribution in [1.82, 2.24) is 4.57 Å². The van der Waals surface area contributed by atoms with Crippen molar-refractivity contribution in [2.45, 2.75) is 4.90 Å². The van der Waals surface area contributed by atoms with E-state index in [9.17, 15) is 9.90 Å². The van der Waals surface area contributed by atoms with Crippen LogP contribution in [0.1, 0.15) is 5.56 Å². The number of thioether (sulfide) groups is 1. The Morgan fingerprint density at radius 2 is 1.96 bits per heavy atom. The van der Waals surface area contributed by atoms with Gasteiger partial charge in [-0.05, 0) is 30.3 Å². The number of aryl methyl sites for hydroxylation is 1. The van der Waals surface area contributed by atoms with Gasteiger partial charge in [-0.15, -0.1) is 11.8 Å². The van der Waals surface area contributed by atoms with Gasteiger partial charge < -0.3 is 19.3 Å². The summed E-state index contributed by atoms with van der Waals surface area (Å²) in [6.07, 6.45) is 0. The third-order valence-electron chi connectivity index (χ3n) is 4.56. The highest BCUT2D eigenvalue weighted by Gasteiger charge is 2.21. The van der Waals surface area contributed by atoms with E-state index in [1.807, 2.05) is 48.5 Å². The fourth-order valence-corrected chi connectivity index (χ4v) is 4.11. The minimum Gasteiger partial charge on any atom is -0.506 e. The molecule has 0 aliphatic heterocycles. The molecular formula is C21H22N2O3S2. The van der Waals surface area contributed by atoms with Crippen molar-refractivity contribution >= 4 is 45.6 Å². The summed E-state index contributed by atoms with van der Waals surface area (Å²) in [5, 5.41) is 11.6. The largest absolute Gasteiger partial charge is 0.506 e. The Labute approximate surface area is 173 Å². The van der Waals surface area contributed by atoms with Gasteiger partial charge in [-0.2, -0.15) is 0 Å². The number of fused-ring (bicyclic) bond motifs is 1. The fraction of sp³-hybridized carbons (Fsp3) is 0.238. The number of aromatic nitrogens is 1. The average molecular weight is 415 g/mol. The van der Waals surface area contributed by atoms with E-state index in [1.54, 1.807) is 37.9 Å². The predicted octanol–water partition coefficient (Wildman–Crippen LogP) is 3.79. The molecule has 7 heteroatoms. The summed E-state index contributed by atoms with van der Waals surface area (Å²) in [4.78, 5) is 15.9. The molecule has 0 unspecified atom stereocenters. The minimum absolute atomic E-state index is 0.0833. The number of rotatable bonds is 6. The molecule has 1 aromatic heterocycles. The van der Waals surface area contributed by atoms with E-state index >= 15 is 0 Å². The zero-order valence-electron chi connectivity index (χ0n) is 16.0. The maximum atomic E-state index is 12.9. The predicted molar refractivity (Wildman–Crippen MR) is 120 cm³/mol. The van der Waals surface area contributed by atoms with E-state index in [-0.39, 0.29) is 21.9 Å². The number of methoxy groups -OCH3 is 1. The monoisotopic (exact) mass is 414 g/mol. The van der Waals surface area contributed by atoms with Gasteiger partial charge in [0.15, 0.2) is 0 Å². The lowest BCUT2D eigenvalue weighted by molar-refractivity contribution is 0.218. The van der Waals surface area contributed by atoms with Crippen LogP contribution in [0.2, 0.25) is 0 Å². The molecule has 0 radical (unpaired) electrons. The second-order valence-corrected chi connectivity index (χ2v) is 7.86. The molecule has 28 heavy (non-hydrogen) atoms. The Kier molecular flexibility index (Phi) is 6.39. The fourth-order valence-electron chi connectivity index (χ4n) is 2.97. The highest BCUT2D eigenvalue weighted by Crippen LogP contribution is 2.31. The molecule has 1 heterocycles. The molecule has 0 bridgehead atoms. The Hall–Kier alpha value is -2.35. The van der Waals surface area contributed by atoms with Gasteiger partial charge in [0.25, 0.3) is 5.56 Å². The maximum Gasteiger partial charge on any atom is 0.264 e. The number of thiocarbonyl (C=S) groups is 1. The number of nitrogens with zero attached hydrogens (tertiary/aromatic N) is 2. The first-order chi connectivity index (χ1) is 13.5. The second kappa shape index (κ2) is 8.77. The van der Waals surface area contributed by atoms with Crippen LogP contribution in [0.3, 0.4) is 0 Å². The summed E-state index contributed by atoms with van der Waals surface area (Å²) in [6, 6.07) is 15.2. The van der Waals surface area contributed by atoms with E-state index in [2.05, 4.69) is 0 Å². The van der Waals surface area contributed by atoms with Gasteiger partial charge in [0.05, 0.1) is 12.1 Å². The molecule has 5 nitrogen and oxygen atoms in total. The zero-order valence-corrected chi connectivity index (χ0v) is 17.6. The Morgan fingerprint density at radius 3 is 2.64 bits per heavy atom. The first kappa shape index (κ1) is 20.4. The number of benzene rings is 2. The molecule has 0 spiro atoms. The molecule has 0 amide bonds. The Morgan fingerprint density at radius 1 is 1.25 bits per heavy atom. The van der Waals surface area contributed by atoms with Crippen LogP contribution < -0.4 is 10.5 Å². The van der Waals surface area contributed by atoms with Gasteiger partial charge >= 0.3 is 0 Å². The topological polar surface area (TPSA) is 54.7 Å². The number of hydrogen-bond acceptors (Lipinski definition) is 5. The normalized spacial score (nSPS) is 11.0. The van der Waals surface area contributed by atoms with E-state index in [4.69, 9.17) is 17.0 Å². The number of para-hydroxylation sites is 1. The van der Waals surface area contributed by atoms with E-state index in [1.165, 1.54) is 4.57 Å². The van der Waals surface area contributed by atoms with Crippen LogP contribution in [0.4, 0.5) is 5.69 Å². The van der Waals surface area contributed by atoms with Crippen molar-refractivity contribution in [2.24, 2.45) is 7.05 Å². The summed E-state index contributed by atoms with van der Waals surface area (Å²) < 4.78 is 6.62. The lowest BCUT2D eigenvalue weighted by Gasteiger charge is -2.22. The standard InChI is InChI=1S/C21H22N2O3S2/c1-22(14-7-5-4-6-8-14)21(27)18-19(24)16-13-15(28-12-11-26-3)9-10-17(16)23(2)20(18)25/h4-10,13,24H,11-12H2,1-3H3. The molecule has 146 valence electrons. The van der Waals surface area contributed by atoms with Gasteiger partial charge in [0.2, 0.25) is 0 Å². The number of ether oxygens (including phenoxy) is 1. The van der Waals surface area contributed by atoms with Gasteiger partial charge in [0, 0.05) is 42.9 Å². The van der Waals surface area contributed by atoms with Crippen molar-refractivity contribution in [3.05, 3.63) is 64.4 Å². The number of hydrogen-bond donors (Lipinski definition) is 1. The molecule has 0 saturated carbocycles. The number of pyridine rings is 1. The summed E-state index contributed by atoms with van der Waals surface area (Å²) in [5.74, 6) is 0.719. The molecule has 3 rings (SSSR count). The molecule has 0 aliphatic carbocycles. The van der Waals surface area contributed by atoms with Crippen LogP contribution in [-0.2, 0) is 11.8 Å². The zero-order chi connectivity index (χ0) is 20.3. The minimum atomic E-state index is -0.322. The van der Waals surface area contributed by atoms with Crippen LogP contribution in [0, 0.1) is 0 Å². The smallest absolute Gasteiger partial charge is 0.264 e. The molecule has 3 aromatic rings. The molecule has 0 saturated heterocycles. The van der Waals surface area contributed by atoms with Crippen LogP contribution in [0.15, 0.2) is 58.2 Å². The van der Waals surface area contributed by atoms with Crippen LogP contribution in [0.25, 0.3) is 10.9 Å². The van der Waals surface area contributed by atoms with Gasteiger partial charge in [0.1, 0.15) is 16.3 Å². The van der Waals surface area contributed by atoms with Gasteiger partial charge in [-0.3, -0.25) is 4.79 Å². The summed E-state index contributed by atoms with van der Waals surface area (Å²) in [5.41, 5.74) is 1.32. The Balaban J connectivity index is 2.09. The molecule has 0 atom stereocenters. The first-order valence-corrected chi connectivity index (χ1v) is 10.2. The SMILES string of the molecule is COCCSc1ccc2c(c1)c(O)c(C(=S)N(C)c1ccccc1)c(=O)n2C. The lowest BCUT2D eigenvalue weighted by atomic mass is 10.1. The van der Waals surface area contributed by atoms with Crippen LogP contribution in [0.5, 0.6) is 5.75 Å². The number of aromatic hydroxyl groups is 1. The second-order valence-electron chi connectivity index (χ2n) is 6.31. The van der Waals surface area contributed by atoms with Crippen LogP contribution in [-0.4, -0.2) is 41.2 Å². The highest BCUT2D eigenvalue weighted by molar-refractivity contribution is 7.99. The van der Waals surface area contributed by atoms with Crippen molar-refractivity contribution in [3.8, 4) is 5.75 Å². The number of anilines is 1. The highest BCUT2D eigenvalue weighted by atomic mass is 32.2. The molecular weight excluding hydrogens is 392 g/mol. The molecule has 1 N–H and O–H groups in total. The van der Waals surface area contributed by atoms with Gasteiger partial charge in [-0.1, -0.05) is 30.4 Å². The first-order valence-electron chi connectivity index (χ1n) is 8.76. The van der Waals surface area contributed by atoms with Crippen molar-refractivity contribution in [1.29, 1.82) is 0 Å². The van der Waals surface area contributed by atoms with Crippen molar-refractivity contribution in [3.63, 3.8) is 0 Å². The third-order valence-corrected chi connectivity index (χ3v) is 5.99. The quantitative estimate of drug-likeness (QED) is 0.376. The maximum absolute atomic E-state index is 12.9. The third kappa shape index (κ3) is 3.92. The van der Waals surface area contributed by atoms with E-state index in [0.717, 1.165) is 16.3 Å². The summed E-state index contributed by atoms with van der Waals surface area (Å²) in [7, 11) is 5.15. The molecule has 0 aliphatic rings. The summed E-state index contributed by atoms with van der Waals surface area (Å²) >= 11 is 7.20. The van der Waals surface area contributed by atoms with E-state index in [0.29, 0.717) is 17.5 Å². The molecule has 2 aromatic carbocycles.